The van der Waals surface area contributed by atoms with Crippen LogP contribution in [0.25, 0.3) is 0 Å². The molecule has 9 nitrogen and oxygen atoms in total. The fraction of sp³-hybridized carbons (Fsp3) is 0.125. The number of aromatic nitrogens is 1. The van der Waals surface area contributed by atoms with Gasteiger partial charge in [0.25, 0.3) is 5.69 Å². The highest BCUT2D eigenvalue weighted by Gasteiger charge is 2.16. The number of amides is 1. The van der Waals surface area contributed by atoms with Gasteiger partial charge in [0.15, 0.2) is 6.20 Å². The smallest absolute Gasteiger partial charge is 0.394 e. The molecule has 0 saturated carbocycles. The van der Waals surface area contributed by atoms with Crippen LogP contribution in [-0.2, 0) is 16.1 Å². The normalized spacial score (nSPS) is 9.65. The van der Waals surface area contributed by atoms with E-state index in [0.717, 1.165) is 18.3 Å². The maximum absolute atomic E-state index is 11.2. The molecule has 0 aliphatic heterocycles. The van der Waals surface area contributed by atoms with Crippen LogP contribution in [0.15, 0.2) is 18.3 Å². The van der Waals surface area contributed by atoms with E-state index in [1.807, 2.05) is 5.32 Å². The zero-order chi connectivity index (χ0) is 13.0. The van der Waals surface area contributed by atoms with E-state index in [4.69, 9.17) is 5.11 Å². The molecule has 1 aromatic rings. The molecule has 0 radical (unpaired) electrons. The van der Waals surface area contributed by atoms with Crippen LogP contribution >= 0.6 is 0 Å². The number of nitro groups is 1. The molecule has 1 amide bonds. The van der Waals surface area contributed by atoms with Crippen LogP contribution in [0.1, 0.15) is 5.69 Å². The zero-order valence-corrected chi connectivity index (χ0v) is 8.32. The standard InChI is InChI=1S/C8H7N3O6/c12-7(8(13)14)9-4-6-3-5(11(16)17)1-2-10(6)15/h1-3H,4H2,(H,9,12)(H,13,14). The Morgan fingerprint density at radius 3 is 2.71 bits per heavy atom. The molecule has 2 N–H and O–H groups in total. The Bertz CT molecular complexity index is 486. The first-order chi connectivity index (χ1) is 7.91. The van der Waals surface area contributed by atoms with Gasteiger partial charge >= 0.3 is 11.9 Å². The number of carboxylic acid groups (broad SMARTS) is 1. The maximum Gasteiger partial charge on any atom is 0.394 e. The highest BCUT2D eigenvalue weighted by Crippen LogP contribution is 2.09. The van der Waals surface area contributed by atoms with Gasteiger partial charge in [0.05, 0.1) is 17.1 Å². The molecule has 9 heteroatoms. The summed E-state index contributed by atoms with van der Waals surface area (Å²) in [5, 5.41) is 31.8. The van der Waals surface area contributed by atoms with E-state index in [2.05, 4.69) is 0 Å². The average molecular weight is 241 g/mol. The summed E-state index contributed by atoms with van der Waals surface area (Å²) in [5.41, 5.74) is -0.453. The number of nitrogens with zero attached hydrogens (tertiary/aromatic N) is 2. The van der Waals surface area contributed by atoms with E-state index in [9.17, 15) is 24.9 Å². The second-order valence-corrected chi connectivity index (χ2v) is 2.95. The first kappa shape index (κ1) is 12.4. The van der Waals surface area contributed by atoms with Crippen LogP contribution in [0, 0.1) is 15.3 Å². The van der Waals surface area contributed by atoms with E-state index in [1.165, 1.54) is 0 Å². The Labute approximate surface area is 94.0 Å². The number of hydrogen-bond donors (Lipinski definition) is 2. The molecule has 90 valence electrons. The molecule has 0 fully saturated rings. The molecule has 0 unspecified atom stereocenters. The number of nitrogens with one attached hydrogen (secondary N) is 1. The Balaban J connectivity index is 2.83. The van der Waals surface area contributed by atoms with E-state index in [0.29, 0.717) is 4.73 Å². The lowest BCUT2D eigenvalue weighted by atomic mass is 10.3. The van der Waals surface area contributed by atoms with E-state index >= 15 is 0 Å². The summed E-state index contributed by atoms with van der Waals surface area (Å²) in [7, 11) is 0. The van der Waals surface area contributed by atoms with Gasteiger partial charge in [-0.25, -0.2) is 4.79 Å². The molecule has 0 spiro atoms. The summed E-state index contributed by atoms with van der Waals surface area (Å²) in [5.74, 6) is -3.00. The molecule has 17 heavy (non-hydrogen) atoms. The molecule has 1 rings (SSSR count). The molecule has 0 aliphatic carbocycles. The molecule has 1 aromatic heterocycles. The quantitative estimate of drug-likeness (QED) is 0.227. The number of carbonyl (C=O) groups is 2. The SMILES string of the molecule is O=C(O)C(=O)NCc1cc([N+](=O)[O-])cc[n+]1[O-]. The van der Waals surface area contributed by atoms with Crippen molar-refractivity contribution in [2.45, 2.75) is 6.54 Å². The molecule has 0 aromatic carbocycles. The third-order valence-electron chi connectivity index (χ3n) is 1.81. The summed E-state index contributed by atoms with van der Waals surface area (Å²) in [6.07, 6.45) is 0.903. The molecule has 0 saturated heterocycles. The summed E-state index contributed by atoms with van der Waals surface area (Å²) in [4.78, 5) is 30.6. The van der Waals surface area contributed by atoms with Crippen LogP contribution in [0.5, 0.6) is 0 Å². The van der Waals surface area contributed by atoms with Crippen molar-refractivity contribution < 1.29 is 24.3 Å². The van der Waals surface area contributed by atoms with Gasteiger partial charge in [0, 0.05) is 0 Å². The van der Waals surface area contributed by atoms with Crippen molar-refractivity contribution in [3.8, 4) is 0 Å². The van der Waals surface area contributed by atoms with Crippen LogP contribution in [0.2, 0.25) is 0 Å². The minimum Gasteiger partial charge on any atom is -0.618 e. The van der Waals surface area contributed by atoms with Gasteiger partial charge in [-0.05, 0) is 0 Å². The third-order valence-corrected chi connectivity index (χ3v) is 1.81. The molecular formula is C8H7N3O6. The Hall–Kier alpha value is -2.71. The van der Waals surface area contributed by atoms with Gasteiger partial charge in [-0.15, -0.1) is 0 Å². The maximum atomic E-state index is 11.2. The van der Waals surface area contributed by atoms with Crippen LogP contribution in [0.3, 0.4) is 0 Å². The first-order valence-electron chi connectivity index (χ1n) is 4.29. The lowest BCUT2D eigenvalue weighted by molar-refractivity contribution is -0.614. The fourth-order valence-electron chi connectivity index (χ4n) is 1.01. The van der Waals surface area contributed by atoms with Crippen molar-refractivity contribution in [1.82, 2.24) is 5.32 Å². The van der Waals surface area contributed by atoms with Crippen LogP contribution < -0.4 is 10.0 Å². The molecule has 0 bridgehead atoms. The predicted molar refractivity (Wildman–Crippen MR) is 51.5 cm³/mol. The summed E-state index contributed by atoms with van der Waals surface area (Å²) in [6, 6.07) is 1.95. The molecule has 0 atom stereocenters. The highest BCUT2D eigenvalue weighted by molar-refractivity contribution is 6.31. The summed E-state index contributed by atoms with van der Waals surface area (Å²) >= 11 is 0. The number of aliphatic carboxylic acids is 1. The van der Waals surface area contributed by atoms with E-state index in [1.54, 1.807) is 0 Å². The molecule has 0 aliphatic rings. The summed E-state index contributed by atoms with van der Waals surface area (Å²) in [6.45, 7) is -0.406. The second kappa shape index (κ2) is 4.88. The van der Waals surface area contributed by atoms with Crippen molar-refractivity contribution in [2.24, 2.45) is 0 Å². The minimum atomic E-state index is -1.70. The topological polar surface area (TPSA) is 136 Å². The number of carboxylic acids is 1. The fourth-order valence-corrected chi connectivity index (χ4v) is 1.01. The van der Waals surface area contributed by atoms with Crippen molar-refractivity contribution in [2.75, 3.05) is 0 Å². The van der Waals surface area contributed by atoms with E-state index in [-0.39, 0.29) is 11.4 Å². The van der Waals surface area contributed by atoms with Crippen LogP contribution in [-0.4, -0.2) is 21.9 Å². The number of hydrogen-bond acceptors (Lipinski definition) is 5. The van der Waals surface area contributed by atoms with Crippen LogP contribution in [0.4, 0.5) is 5.69 Å². The number of rotatable bonds is 3. The lowest BCUT2D eigenvalue weighted by Gasteiger charge is -2.04. The van der Waals surface area contributed by atoms with Crippen molar-refractivity contribution in [3.05, 3.63) is 39.3 Å². The monoisotopic (exact) mass is 241 g/mol. The predicted octanol–water partition coefficient (Wildman–Crippen LogP) is -1.07. The second-order valence-electron chi connectivity index (χ2n) is 2.95. The Morgan fingerprint density at radius 2 is 2.18 bits per heavy atom. The lowest BCUT2D eigenvalue weighted by Crippen LogP contribution is -2.38. The van der Waals surface area contributed by atoms with Gasteiger partial charge in [0.1, 0.15) is 6.54 Å². The Morgan fingerprint density at radius 1 is 1.53 bits per heavy atom. The highest BCUT2D eigenvalue weighted by atomic mass is 16.6. The van der Waals surface area contributed by atoms with Gasteiger partial charge in [-0.3, -0.25) is 14.9 Å². The zero-order valence-electron chi connectivity index (χ0n) is 8.32. The number of carbonyl (C=O) groups excluding carboxylic acids is 1. The third kappa shape index (κ3) is 3.12. The first-order valence-corrected chi connectivity index (χ1v) is 4.29. The molecular weight excluding hydrogens is 234 g/mol. The van der Waals surface area contributed by atoms with Crippen molar-refractivity contribution in [1.29, 1.82) is 0 Å². The van der Waals surface area contributed by atoms with Gasteiger partial charge < -0.3 is 15.6 Å². The molecule has 1 heterocycles. The average Bonchev–Trinajstić information content (AvgIpc) is 2.26. The minimum absolute atomic E-state index is 0.131. The summed E-state index contributed by atoms with van der Waals surface area (Å²) < 4.78 is 0.301. The van der Waals surface area contributed by atoms with Gasteiger partial charge in [0.2, 0.25) is 5.69 Å². The van der Waals surface area contributed by atoms with Gasteiger partial charge in [-0.1, -0.05) is 0 Å². The largest absolute Gasteiger partial charge is 0.618 e. The number of pyridine rings is 1. The van der Waals surface area contributed by atoms with Crippen molar-refractivity contribution in [3.63, 3.8) is 0 Å². The van der Waals surface area contributed by atoms with Crippen molar-refractivity contribution >= 4 is 17.6 Å². The van der Waals surface area contributed by atoms with Gasteiger partial charge in [-0.2, -0.15) is 4.73 Å². The van der Waals surface area contributed by atoms with E-state index < -0.39 is 23.3 Å². The Kier molecular flexibility index (Phi) is 3.55.